The fourth-order valence-electron chi connectivity index (χ4n) is 7.39. The van der Waals surface area contributed by atoms with E-state index in [1.165, 1.54) is 16.7 Å². The Kier molecular flexibility index (Phi) is 7.10. The molecular formula is C37H38N2O7. The maximum Gasteiger partial charge on any atom is 0.231 e. The Balaban J connectivity index is 1.35. The summed E-state index contributed by atoms with van der Waals surface area (Å²) in [7, 11) is 7.51. The van der Waals surface area contributed by atoms with E-state index < -0.39 is 0 Å². The molecule has 9 heteroatoms. The van der Waals surface area contributed by atoms with Crippen LogP contribution in [0, 0.1) is 0 Å². The first kappa shape index (κ1) is 28.8. The summed E-state index contributed by atoms with van der Waals surface area (Å²) >= 11 is 0. The molecule has 4 aromatic carbocycles. The molecule has 238 valence electrons. The smallest absolute Gasteiger partial charge is 0.231 e. The molecule has 0 saturated carbocycles. The number of aromatic hydroxyl groups is 1. The van der Waals surface area contributed by atoms with Crippen molar-refractivity contribution in [1.29, 1.82) is 0 Å². The quantitative estimate of drug-likeness (QED) is 0.267. The van der Waals surface area contributed by atoms with Gasteiger partial charge in [-0.05, 0) is 110 Å². The Morgan fingerprint density at radius 2 is 1.39 bits per heavy atom. The van der Waals surface area contributed by atoms with Gasteiger partial charge in [0.15, 0.2) is 34.5 Å². The second-order valence-corrected chi connectivity index (χ2v) is 12.6. The van der Waals surface area contributed by atoms with Gasteiger partial charge in [-0.15, -0.1) is 0 Å². The van der Waals surface area contributed by atoms with Gasteiger partial charge >= 0.3 is 0 Å². The number of rotatable bonds is 2. The third-order valence-corrected chi connectivity index (χ3v) is 9.93. The van der Waals surface area contributed by atoms with Crippen molar-refractivity contribution < 1.29 is 33.5 Å². The molecule has 0 aliphatic carbocycles. The van der Waals surface area contributed by atoms with E-state index in [2.05, 4.69) is 48.2 Å². The van der Waals surface area contributed by atoms with E-state index in [4.69, 9.17) is 28.4 Å². The molecule has 0 fully saturated rings. The molecule has 0 saturated heterocycles. The molecule has 2 atom stereocenters. The number of hydrogen-bond donors (Lipinski definition) is 1. The molecule has 5 heterocycles. The predicted octanol–water partition coefficient (Wildman–Crippen LogP) is 6.58. The largest absolute Gasteiger partial charge is 0.502 e. The lowest BCUT2D eigenvalue weighted by atomic mass is 9.87. The zero-order valence-corrected chi connectivity index (χ0v) is 26.6. The zero-order valence-electron chi connectivity index (χ0n) is 26.6. The number of methoxy groups -OCH3 is 2. The van der Waals surface area contributed by atoms with Crippen molar-refractivity contribution in [3.8, 4) is 51.7 Å². The predicted molar refractivity (Wildman–Crippen MR) is 172 cm³/mol. The average molecular weight is 623 g/mol. The number of benzene rings is 4. The normalized spacial score (nSPS) is 20.2. The van der Waals surface area contributed by atoms with E-state index in [0.717, 1.165) is 54.8 Å². The van der Waals surface area contributed by atoms with Crippen LogP contribution in [0.15, 0.2) is 54.6 Å². The molecule has 5 aliphatic rings. The van der Waals surface area contributed by atoms with Crippen LogP contribution in [0.25, 0.3) is 0 Å². The van der Waals surface area contributed by atoms with Crippen LogP contribution in [-0.2, 0) is 25.7 Å². The summed E-state index contributed by atoms with van der Waals surface area (Å²) in [5, 5.41) is 11.7. The van der Waals surface area contributed by atoms with Crippen LogP contribution in [-0.4, -0.2) is 63.1 Å². The Bertz CT molecular complexity index is 1820. The Morgan fingerprint density at radius 1 is 0.696 bits per heavy atom. The number of phenolic OH excluding ortho intramolecular Hbond substituents is 1. The lowest BCUT2D eigenvalue weighted by molar-refractivity contribution is 0.171. The van der Waals surface area contributed by atoms with Crippen LogP contribution in [0.3, 0.4) is 0 Å². The van der Waals surface area contributed by atoms with Crippen molar-refractivity contribution in [1.82, 2.24) is 9.80 Å². The molecule has 0 aromatic heterocycles. The second kappa shape index (κ2) is 11.3. The first-order chi connectivity index (χ1) is 22.4. The summed E-state index contributed by atoms with van der Waals surface area (Å²) in [5.41, 5.74) is 6.65. The van der Waals surface area contributed by atoms with E-state index in [9.17, 15) is 5.11 Å². The summed E-state index contributed by atoms with van der Waals surface area (Å²) in [6.07, 6.45) is 3.12. The van der Waals surface area contributed by atoms with E-state index in [1.54, 1.807) is 14.2 Å². The number of fused-ring (bicyclic) bond motifs is 3. The van der Waals surface area contributed by atoms with E-state index in [1.807, 2.05) is 30.3 Å². The van der Waals surface area contributed by atoms with Crippen molar-refractivity contribution in [2.24, 2.45) is 0 Å². The molecule has 0 radical (unpaired) electrons. The van der Waals surface area contributed by atoms with Crippen molar-refractivity contribution in [3.05, 3.63) is 88.0 Å². The molecule has 6 bridgehead atoms. The number of nitrogens with zero attached hydrogens (tertiary/aromatic N) is 2. The highest BCUT2D eigenvalue weighted by molar-refractivity contribution is 5.63. The van der Waals surface area contributed by atoms with Crippen molar-refractivity contribution >= 4 is 0 Å². The summed E-state index contributed by atoms with van der Waals surface area (Å²) in [4.78, 5) is 4.70. The van der Waals surface area contributed by atoms with Gasteiger partial charge in [0.1, 0.15) is 5.75 Å². The van der Waals surface area contributed by atoms with E-state index in [0.29, 0.717) is 46.7 Å². The van der Waals surface area contributed by atoms with Crippen molar-refractivity contribution in [2.45, 2.75) is 37.8 Å². The average Bonchev–Trinajstić information content (AvgIpc) is 3.54. The number of phenols is 1. The zero-order chi connectivity index (χ0) is 31.5. The van der Waals surface area contributed by atoms with E-state index in [-0.39, 0.29) is 24.6 Å². The number of ether oxygens (including phenoxy) is 6. The first-order valence-corrected chi connectivity index (χ1v) is 15.8. The molecule has 0 unspecified atom stereocenters. The maximum atomic E-state index is 11.7. The summed E-state index contributed by atoms with van der Waals surface area (Å²) in [5.74, 6) is 4.55. The minimum absolute atomic E-state index is 0.0290. The highest BCUT2D eigenvalue weighted by atomic mass is 16.7. The van der Waals surface area contributed by atoms with E-state index >= 15 is 0 Å². The Labute approximate surface area is 268 Å². The topological polar surface area (TPSA) is 82.1 Å². The van der Waals surface area contributed by atoms with Crippen LogP contribution in [0.4, 0.5) is 0 Å². The van der Waals surface area contributed by atoms with Crippen LogP contribution >= 0.6 is 0 Å². The van der Waals surface area contributed by atoms with Crippen LogP contribution < -0.4 is 28.4 Å². The van der Waals surface area contributed by atoms with Gasteiger partial charge in [-0.2, -0.15) is 0 Å². The number of hydrogen-bond acceptors (Lipinski definition) is 9. The molecule has 5 aliphatic heterocycles. The number of likely N-dealkylation sites (N-methyl/N-ethyl adjacent to an activating group) is 2. The Morgan fingerprint density at radius 3 is 2.17 bits per heavy atom. The molecule has 4 aromatic rings. The maximum absolute atomic E-state index is 11.7. The lowest BCUT2D eigenvalue weighted by Crippen LogP contribution is -2.34. The van der Waals surface area contributed by atoms with Crippen molar-refractivity contribution in [2.75, 3.05) is 48.2 Å². The van der Waals surface area contributed by atoms with Gasteiger partial charge in [-0.25, -0.2) is 0 Å². The third kappa shape index (κ3) is 4.85. The van der Waals surface area contributed by atoms with Gasteiger partial charge in [-0.3, -0.25) is 9.80 Å². The summed E-state index contributed by atoms with van der Waals surface area (Å²) in [6.45, 7) is 1.91. The minimum Gasteiger partial charge on any atom is -0.502 e. The van der Waals surface area contributed by atoms with Crippen LogP contribution in [0.5, 0.6) is 51.7 Å². The molecule has 9 nitrogen and oxygen atoms in total. The van der Waals surface area contributed by atoms with Crippen LogP contribution in [0.2, 0.25) is 0 Å². The Hall–Kier alpha value is -4.60. The van der Waals surface area contributed by atoms with Gasteiger partial charge in [0.05, 0.1) is 14.2 Å². The molecule has 1 N–H and O–H groups in total. The van der Waals surface area contributed by atoms with Crippen molar-refractivity contribution in [3.63, 3.8) is 0 Å². The standard InChI is InChI=1S/C37H38N2O7/c1-38-11-9-23-17-29(41-3)30-19-26(23)27(38)13-21-5-7-25(8-6-21)45-33-16-22(15-32-36(33)44-20-43-32)14-28-34-24(10-12-39(28)2)18-31(42-4)35(40)37(34)46-30/h5-8,15-19,27-28,40H,9-14,20H2,1-4H3/t27-,28+/m0/s1. The fraction of sp³-hybridized carbons (Fsp3) is 0.351. The minimum atomic E-state index is -0.121. The molecule has 9 rings (SSSR count). The lowest BCUT2D eigenvalue weighted by Gasteiger charge is -2.37. The van der Waals surface area contributed by atoms with Gasteiger partial charge in [0.25, 0.3) is 0 Å². The summed E-state index contributed by atoms with van der Waals surface area (Å²) < 4.78 is 36.6. The summed E-state index contributed by atoms with van der Waals surface area (Å²) in [6, 6.07) is 18.5. The highest BCUT2D eigenvalue weighted by Crippen LogP contribution is 2.52. The molecular weight excluding hydrogens is 584 g/mol. The fourth-order valence-corrected chi connectivity index (χ4v) is 7.39. The SMILES string of the molecule is COc1cc2c3cc1Oc1c(O)c(OC)cc4c1[C@@H](Cc1cc5c(c(c1)Oc1ccc(cc1)C[C@@H]3N(C)CC2)OCO5)N(C)CC4. The second-order valence-electron chi connectivity index (χ2n) is 12.6. The van der Waals surface area contributed by atoms with Gasteiger partial charge in [-0.1, -0.05) is 12.1 Å². The van der Waals surface area contributed by atoms with Crippen LogP contribution in [0.1, 0.15) is 45.5 Å². The highest BCUT2D eigenvalue weighted by Gasteiger charge is 2.35. The monoisotopic (exact) mass is 622 g/mol. The van der Waals surface area contributed by atoms with Gasteiger partial charge < -0.3 is 33.5 Å². The van der Waals surface area contributed by atoms with Gasteiger partial charge in [0.2, 0.25) is 18.3 Å². The molecule has 46 heavy (non-hydrogen) atoms. The van der Waals surface area contributed by atoms with Gasteiger partial charge in [0, 0.05) is 30.7 Å². The molecule has 0 amide bonds. The first-order valence-electron chi connectivity index (χ1n) is 15.8. The molecule has 0 spiro atoms. The third-order valence-electron chi connectivity index (χ3n) is 9.93.